The first-order chi connectivity index (χ1) is 6.50. The summed E-state index contributed by atoms with van der Waals surface area (Å²) in [5.41, 5.74) is -0.225. The molecule has 3 N–H and O–H groups in total. The van der Waals surface area contributed by atoms with Crippen LogP contribution in [0.4, 0.5) is 0 Å². The van der Waals surface area contributed by atoms with Crippen molar-refractivity contribution in [1.82, 2.24) is 14.9 Å². The fourth-order valence-electron chi connectivity index (χ4n) is 1.13. The maximum Gasteiger partial charge on any atom is 0.323 e. The molecule has 0 aromatic carbocycles. The van der Waals surface area contributed by atoms with Crippen LogP contribution in [-0.4, -0.2) is 45.6 Å². The molecular weight excluding hydrogens is 186 g/mol. The monoisotopic (exact) mass is 199 g/mol. The first-order valence-corrected chi connectivity index (χ1v) is 4.22. The highest BCUT2D eigenvalue weighted by Crippen LogP contribution is 1.97. The molecule has 1 rings (SSSR count). The molecule has 0 fully saturated rings. The molecule has 1 amide bonds. The standard InChI is InChI=1S/C8H13N3O3/c1-5(12)4-11(2)7(13)6-3-9-8(14)10-6/h3,5,12H,4H2,1-2H3,(H2,9,10,14). The Morgan fingerprint density at radius 2 is 2.36 bits per heavy atom. The number of rotatable bonds is 3. The topological polar surface area (TPSA) is 89.2 Å². The number of carbonyl (C=O) groups excluding carboxylic acids is 1. The zero-order chi connectivity index (χ0) is 10.7. The van der Waals surface area contributed by atoms with Crippen molar-refractivity contribution >= 4 is 5.91 Å². The third-order valence-electron chi connectivity index (χ3n) is 1.71. The van der Waals surface area contributed by atoms with Crippen LogP contribution < -0.4 is 5.69 Å². The molecule has 0 aliphatic carbocycles. The normalized spacial score (nSPS) is 12.5. The summed E-state index contributed by atoms with van der Waals surface area (Å²) in [5.74, 6) is -0.329. The van der Waals surface area contributed by atoms with Gasteiger partial charge in [-0.15, -0.1) is 0 Å². The molecule has 6 nitrogen and oxygen atoms in total. The predicted octanol–water partition coefficient (Wildman–Crippen LogP) is -0.844. The molecule has 0 aliphatic heterocycles. The molecule has 1 atom stereocenters. The Morgan fingerprint density at radius 1 is 1.71 bits per heavy atom. The minimum atomic E-state index is -0.588. The van der Waals surface area contributed by atoms with Crippen LogP contribution in [0.15, 0.2) is 11.0 Å². The highest BCUT2D eigenvalue weighted by Gasteiger charge is 2.14. The van der Waals surface area contributed by atoms with E-state index in [2.05, 4.69) is 9.97 Å². The molecular formula is C8H13N3O3. The Kier molecular flexibility index (Phi) is 3.08. The van der Waals surface area contributed by atoms with Gasteiger partial charge in [0.1, 0.15) is 5.69 Å². The van der Waals surface area contributed by atoms with Gasteiger partial charge in [-0.25, -0.2) is 4.79 Å². The second-order valence-corrected chi connectivity index (χ2v) is 3.19. The largest absolute Gasteiger partial charge is 0.392 e. The number of nitrogens with one attached hydrogen (secondary N) is 2. The maximum absolute atomic E-state index is 11.5. The first-order valence-electron chi connectivity index (χ1n) is 4.22. The van der Waals surface area contributed by atoms with Gasteiger partial charge in [-0.3, -0.25) is 4.79 Å². The van der Waals surface area contributed by atoms with Gasteiger partial charge in [0, 0.05) is 19.8 Å². The third-order valence-corrected chi connectivity index (χ3v) is 1.71. The lowest BCUT2D eigenvalue weighted by Crippen LogP contribution is -2.33. The van der Waals surface area contributed by atoms with Crippen LogP contribution in [-0.2, 0) is 0 Å². The number of amides is 1. The average molecular weight is 199 g/mol. The molecule has 0 spiro atoms. The van der Waals surface area contributed by atoms with Gasteiger partial charge in [-0.2, -0.15) is 0 Å². The molecule has 0 saturated carbocycles. The summed E-state index contributed by atoms with van der Waals surface area (Å²) >= 11 is 0. The van der Waals surface area contributed by atoms with Gasteiger partial charge in [0.05, 0.1) is 6.10 Å². The molecule has 78 valence electrons. The van der Waals surface area contributed by atoms with Gasteiger partial charge in [0.25, 0.3) is 5.91 Å². The number of likely N-dealkylation sites (N-methyl/N-ethyl adjacent to an activating group) is 1. The number of aliphatic hydroxyl groups excluding tert-OH is 1. The maximum atomic E-state index is 11.5. The number of H-pyrrole nitrogens is 2. The third kappa shape index (κ3) is 2.46. The van der Waals surface area contributed by atoms with Gasteiger partial charge < -0.3 is 20.0 Å². The van der Waals surface area contributed by atoms with E-state index in [0.717, 1.165) is 0 Å². The Labute approximate surface area is 80.6 Å². The number of hydrogen-bond acceptors (Lipinski definition) is 3. The smallest absolute Gasteiger partial charge is 0.323 e. The van der Waals surface area contributed by atoms with Crippen molar-refractivity contribution in [3.05, 3.63) is 22.4 Å². The molecule has 0 aliphatic rings. The summed E-state index contributed by atoms with van der Waals surface area (Å²) in [5, 5.41) is 9.05. The van der Waals surface area contributed by atoms with Gasteiger partial charge >= 0.3 is 5.69 Å². The quantitative estimate of drug-likeness (QED) is 0.592. The van der Waals surface area contributed by atoms with Crippen LogP contribution in [0.2, 0.25) is 0 Å². The van der Waals surface area contributed by atoms with Crippen LogP contribution in [0, 0.1) is 0 Å². The zero-order valence-electron chi connectivity index (χ0n) is 8.07. The van der Waals surface area contributed by atoms with E-state index in [-0.39, 0.29) is 18.1 Å². The van der Waals surface area contributed by atoms with E-state index < -0.39 is 11.8 Å². The molecule has 0 bridgehead atoms. The summed E-state index contributed by atoms with van der Waals surface area (Å²) in [6.45, 7) is 1.82. The van der Waals surface area contributed by atoms with E-state index in [9.17, 15) is 9.59 Å². The van der Waals surface area contributed by atoms with Crippen molar-refractivity contribution in [3.8, 4) is 0 Å². The lowest BCUT2D eigenvalue weighted by Gasteiger charge is -2.17. The first kappa shape index (κ1) is 10.5. The lowest BCUT2D eigenvalue weighted by atomic mass is 10.3. The van der Waals surface area contributed by atoms with Gasteiger partial charge in [0.2, 0.25) is 0 Å². The lowest BCUT2D eigenvalue weighted by molar-refractivity contribution is 0.0698. The highest BCUT2D eigenvalue weighted by molar-refractivity contribution is 5.91. The number of aromatic amines is 2. The number of hydrogen-bond donors (Lipinski definition) is 3. The number of nitrogens with zero attached hydrogens (tertiary/aromatic N) is 1. The second-order valence-electron chi connectivity index (χ2n) is 3.19. The Morgan fingerprint density at radius 3 is 2.79 bits per heavy atom. The summed E-state index contributed by atoms with van der Waals surface area (Å²) in [7, 11) is 1.56. The van der Waals surface area contributed by atoms with Crippen LogP contribution in [0.5, 0.6) is 0 Å². The predicted molar refractivity (Wildman–Crippen MR) is 50.1 cm³/mol. The molecule has 1 aromatic rings. The SMILES string of the molecule is CC(O)CN(C)C(=O)c1c[nH]c(=O)[nH]1. The minimum Gasteiger partial charge on any atom is -0.392 e. The van der Waals surface area contributed by atoms with E-state index in [1.807, 2.05) is 0 Å². The van der Waals surface area contributed by atoms with E-state index in [1.54, 1.807) is 14.0 Å². The molecule has 1 heterocycles. The number of carbonyl (C=O) groups is 1. The highest BCUT2D eigenvalue weighted by atomic mass is 16.3. The van der Waals surface area contributed by atoms with Crippen molar-refractivity contribution in [2.24, 2.45) is 0 Å². The number of aromatic nitrogens is 2. The number of imidazole rings is 1. The zero-order valence-corrected chi connectivity index (χ0v) is 8.07. The van der Waals surface area contributed by atoms with Crippen LogP contribution in [0.3, 0.4) is 0 Å². The van der Waals surface area contributed by atoms with Crippen molar-refractivity contribution < 1.29 is 9.90 Å². The van der Waals surface area contributed by atoms with Crippen molar-refractivity contribution in [3.63, 3.8) is 0 Å². The van der Waals surface area contributed by atoms with Gasteiger partial charge in [-0.05, 0) is 6.92 Å². The van der Waals surface area contributed by atoms with Crippen LogP contribution in [0.25, 0.3) is 0 Å². The molecule has 1 aromatic heterocycles. The van der Waals surface area contributed by atoms with Crippen molar-refractivity contribution in [1.29, 1.82) is 0 Å². The summed E-state index contributed by atoms with van der Waals surface area (Å²) in [4.78, 5) is 28.2. The summed E-state index contributed by atoms with van der Waals surface area (Å²) in [6.07, 6.45) is 0.720. The van der Waals surface area contributed by atoms with E-state index in [0.29, 0.717) is 0 Å². The van der Waals surface area contributed by atoms with E-state index in [1.165, 1.54) is 11.1 Å². The van der Waals surface area contributed by atoms with Crippen LogP contribution in [0.1, 0.15) is 17.4 Å². The Balaban J connectivity index is 2.70. The van der Waals surface area contributed by atoms with Crippen LogP contribution >= 0.6 is 0 Å². The fraction of sp³-hybridized carbons (Fsp3) is 0.500. The fourth-order valence-corrected chi connectivity index (χ4v) is 1.13. The van der Waals surface area contributed by atoms with Crippen molar-refractivity contribution in [2.75, 3.05) is 13.6 Å². The summed E-state index contributed by atoms with van der Waals surface area (Å²) < 4.78 is 0. The van der Waals surface area contributed by atoms with Gasteiger partial charge in [-0.1, -0.05) is 0 Å². The van der Waals surface area contributed by atoms with E-state index >= 15 is 0 Å². The van der Waals surface area contributed by atoms with Gasteiger partial charge in [0.15, 0.2) is 0 Å². The summed E-state index contributed by atoms with van der Waals surface area (Å²) in [6, 6.07) is 0. The second kappa shape index (κ2) is 4.10. The van der Waals surface area contributed by atoms with Crippen molar-refractivity contribution in [2.45, 2.75) is 13.0 Å². The molecule has 14 heavy (non-hydrogen) atoms. The average Bonchev–Trinajstić information content (AvgIpc) is 2.49. The molecule has 1 unspecified atom stereocenters. The molecule has 0 radical (unpaired) electrons. The Bertz CT molecular complexity index is 366. The molecule has 6 heteroatoms. The minimum absolute atomic E-state index is 0.193. The van der Waals surface area contributed by atoms with E-state index in [4.69, 9.17) is 5.11 Å². The molecule has 0 saturated heterocycles. The Hall–Kier alpha value is -1.56. The number of aliphatic hydroxyl groups is 1.